The van der Waals surface area contributed by atoms with Crippen LogP contribution in [-0.2, 0) is 22.4 Å². The van der Waals surface area contributed by atoms with Gasteiger partial charge < -0.3 is 10.1 Å². The SMILES string of the molecule is C[C@@H](OC(=O)c1c2c(nc3ccccc13)CCC2)C(=O)Nc1ccc(F)cc1F. The first-order valence-electron chi connectivity index (χ1n) is 9.31. The smallest absolute Gasteiger partial charge is 0.339 e. The Balaban J connectivity index is 1.57. The highest BCUT2D eigenvalue weighted by Crippen LogP contribution is 2.30. The van der Waals surface area contributed by atoms with Gasteiger partial charge in [-0.25, -0.2) is 13.6 Å². The number of aryl methyl sites for hydroxylation is 1. The lowest BCUT2D eigenvalue weighted by Crippen LogP contribution is -2.30. The van der Waals surface area contributed by atoms with Gasteiger partial charge in [0.1, 0.15) is 11.6 Å². The average molecular weight is 396 g/mol. The van der Waals surface area contributed by atoms with Crippen LogP contribution in [0.2, 0.25) is 0 Å². The zero-order chi connectivity index (χ0) is 20.5. The highest BCUT2D eigenvalue weighted by molar-refractivity contribution is 6.06. The number of hydrogen-bond donors (Lipinski definition) is 1. The number of para-hydroxylation sites is 1. The standard InChI is InChI=1S/C22H18F2N2O3/c1-12(21(27)26-19-10-9-13(23)11-16(19)24)29-22(28)20-14-5-2-3-7-17(14)25-18-8-4-6-15(18)20/h2-3,5,7,9-12H,4,6,8H2,1H3,(H,26,27)/t12-/m1/s1. The second kappa shape index (κ2) is 7.58. The molecule has 1 aromatic heterocycles. The number of benzene rings is 2. The van der Waals surface area contributed by atoms with Crippen molar-refractivity contribution in [2.45, 2.75) is 32.3 Å². The topological polar surface area (TPSA) is 68.3 Å². The molecule has 0 bridgehead atoms. The van der Waals surface area contributed by atoms with Crippen molar-refractivity contribution in [3.05, 3.63) is 70.9 Å². The lowest BCUT2D eigenvalue weighted by atomic mass is 10.0. The molecule has 0 saturated heterocycles. The number of carbonyl (C=O) groups is 2. The van der Waals surface area contributed by atoms with Crippen molar-refractivity contribution < 1.29 is 23.1 Å². The number of hydrogen-bond acceptors (Lipinski definition) is 4. The third kappa shape index (κ3) is 3.68. The Morgan fingerprint density at radius 3 is 2.72 bits per heavy atom. The minimum Gasteiger partial charge on any atom is -0.449 e. The largest absolute Gasteiger partial charge is 0.449 e. The minimum atomic E-state index is -1.17. The third-order valence-electron chi connectivity index (χ3n) is 4.97. The van der Waals surface area contributed by atoms with Crippen LogP contribution in [0.5, 0.6) is 0 Å². The molecule has 0 fully saturated rings. The van der Waals surface area contributed by atoms with Gasteiger partial charge in [0, 0.05) is 17.1 Å². The highest BCUT2D eigenvalue weighted by atomic mass is 19.1. The number of anilines is 1. The van der Waals surface area contributed by atoms with Crippen LogP contribution < -0.4 is 5.32 Å². The zero-order valence-corrected chi connectivity index (χ0v) is 15.7. The quantitative estimate of drug-likeness (QED) is 0.672. The molecule has 2 aromatic carbocycles. The van der Waals surface area contributed by atoms with Crippen LogP contribution in [0.15, 0.2) is 42.5 Å². The summed E-state index contributed by atoms with van der Waals surface area (Å²) in [6.45, 7) is 1.40. The molecule has 0 radical (unpaired) electrons. The summed E-state index contributed by atoms with van der Waals surface area (Å²) in [6.07, 6.45) is 1.24. The van der Waals surface area contributed by atoms with E-state index in [-0.39, 0.29) is 5.69 Å². The van der Waals surface area contributed by atoms with Gasteiger partial charge in [-0.05, 0) is 49.9 Å². The molecule has 1 aliphatic rings. The van der Waals surface area contributed by atoms with E-state index in [0.29, 0.717) is 22.5 Å². The molecule has 0 spiro atoms. The molecule has 4 rings (SSSR count). The van der Waals surface area contributed by atoms with Crippen molar-refractivity contribution in [1.29, 1.82) is 0 Å². The Morgan fingerprint density at radius 2 is 1.93 bits per heavy atom. The van der Waals surface area contributed by atoms with Gasteiger partial charge in [0.2, 0.25) is 0 Å². The van der Waals surface area contributed by atoms with Crippen LogP contribution in [0, 0.1) is 11.6 Å². The number of nitrogens with zero attached hydrogens (tertiary/aromatic N) is 1. The van der Waals surface area contributed by atoms with Crippen molar-refractivity contribution in [2.24, 2.45) is 0 Å². The molecule has 5 nitrogen and oxygen atoms in total. The summed E-state index contributed by atoms with van der Waals surface area (Å²) in [5.41, 5.74) is 2.67. The number of amides is 1. The average Bonchev–Trinajstić information content (AvgIpc) is 3.15. The van der Waals surface area contributed by atoms with Gasteiger partial charge >= 0.3 is 5.97 Å². The van der Waals surface area contributed by atoms with Crippen LogP contribution in [0.1, 0.15) is 35.0 Å². The van der Waals surface area contributed by atoms with E-state index in [0.717, 1.165) is 42.7 Å². The maximum atomic E-state index is 13.8. The predicted molar refractivity (Wildman–Crippen MR) is 104 cm³/mol. The van der Waals surface area contributed by atoms with E-state index in [9.17, 15) is 18.4 Å². The first kappa shape index (κ1) is 19.0. The van der Waals surface area contributed by atoms with Crippen molar-refractivity contribution in [2.75, 3.05) is 5.32 Å². The number of carbonyl (C=O) groups excluding carboxylic acids is 2. The number of rotatable bonds is 4. The molecule has 0 unspecified atom stereocenters. The van der Waals surface area contributed by atoms with Gasteiger partial charge in [0.25, 0.3) is 5.91 Å². The van der Waals surface area contributed by atoms with Crippen molar-refractivity contribution in [3.8, 4) is 0 Å². The summed E-state index contributed by atoms with van der Waals surface area (Å²) < 4.78 is 32.2. The van der Waals surface area contributed by atoms with Gasteiger partial charge in [-0.1, -0.05) is 18.2 Å². The summed E-state index contributed by atoms with van der Waals surface area (Å²) in [4.78, 5) is 29.9. The van der Waals surface area contributed by atoms with E-state index in [1.165, 1.54) is 6.92 Å². The Kier molecular flexibility index (Phi) is 4.96. The van der Waals surface area contributed by atoms with Crippen LogP contribution >= 0.6 is 0 Å². The summed E-state index contributed by atoms with van der Waals surface area (Å²) in [7, 11) is 0. The van der Waals surface area contributed by atoms with Crippen molar-refractivity contribution in [3.63, 3.8) is 0 Å². The second-order valence-corrected chi connectivity index (χ2v) is 6.94. The Morgan fingerprint density at radius 1 is 1.14 bits per heavy atom. The van der Waals surface area contributed by atoms with E-state index < -0.39 is 29.6 Å². The number of ether oxygens (including phenoxy) is 1. The van der Waals surface area contributed by atoms with Crippen LogP contribution in [-0.4, -0.2) is 23.0 Å². The fourth-order valence-electron chi connectivity index (χ4n) is 3.54. The first-order chi connectivity index (χ1) is 13.9. The maximum absolute atomic E-state index is 13.8. The summed E-state index contributed by atoms with van der Waals surface area (Å²) in [5.74, 6) is -2.99. The van der Waals surface area contributed by atoms with Crippen molar-refractivity contribution >= 4 is 28.5 Å². The zero-order valence-electron chi connectivity index (χ0n) is 15.7. The normalized spacial score (nSPS) is 13.8. The fourth-order valence-corrected chi connectivity index (χ4v) is 3.54. The third-order valence-corrected chi connectivity index (χ3v) is 4.97. The maximum Gasteiger partial charge on any atom is 0.339 e. The molecule has 0 aliphatic heterocycles. The molecule has 1 aliphatic carbocycles. The molecule has 1 N–H and O–H groups in total. The van der Waals surface area contributed by atoms with Gasteiger partial charge in [-0.15, -0.1) is 0 Å². The van der Waals surface area contributed by atoms with Gasteiger partial charge in [0.15, 0.2) is 6.10 Å². The summed E-state index contributed by atoms with van der Waals surface area (Å²) in [5, 5.41) is 2.99. The van der Waals surface area contributed by atoms with Crippen LogP contribution in [0.3, 0.4) is 0 Å². The van der Waals surface area contributed by atoms with Gasteiger partial charge in [0.05, 0.1) is 16.8 Å². The van der Waals surface area contributed by atoms with Crippen LogP contribution in [0.25, 0.3) is 10.9 Å². The first-order valence-corrected chi connectivity index (χ1v) is 9.31. The molecular weight excluding hydrogens is 378 g/mol. The number of nitrogens with one attached hydrogen (secondary N) is 1. The number of pyridine rings is 1. The van der Waals surface area contributed by atoms with Gasteiger partial charge in [-0.3, -0.25) is 9.78 Å². The van der Waals surface area contributed by atoms with Crippen molar-refractivity contribution in [1.82, 2.24) is 4.98 Å². The highest BCUT2D eigenvalue weighted by Gasteiger charge is 2.27. The number of fused-ring (bicyclic) bond motifs is 2. The summed E-state index contributed by atoms with van der Waals surface area (Å²) in [6, 6.07) is 10.1. The molecule has 29 heavy (non-hydrogen) atoms. The second-order valence-electron chi connectivity index (χ2n) is 6.94. The summed E-state index contributed by atoms with van der Waals surface area (Å²) >= 11 is 0. The number of esters is 1. The van der Waals surface area contributed by atoms with Gasteiger partial charge in [-0.2, -0.15) is 0 Å². The molecule has 1 atom stereocenters. The molecule has 148 valence electrons. The van der Waals surface area contributed by atoms with E-state index in [4.69, 9.17) is 4.74 Å². The van der Waals surface area contributed by atoms with Crippen LogP contribution in [0.4, 0.5) is 14.5 Å². The monoisotopic (exact) mass is 396 g/mol. The van der Waals surface area contributed by atoms with E-state index >= 15 is 0 Å². The molecule has 0 saturated carbocycles. The molecule has 1 amide bonds. The van der Waals surface area contributed by atoms with E-state index in [1.54, 1.807) is 6.07 Å². The lowest BCUT2D eigenvalue weighted by molar-refractivity contribution is -0.123. The lowest BCUT2D eigenvalue weighted by Gasteiger charge is -2.16. The molecule has 3 aromatic rings. The van der Waals surface area contributed by atoms with E-state index in [2.05, 4.69) is 10.3 Å². The fraction of sp³-hybridized carbons (Fsp3) is 0.227. The predicted octanol–water partition coefficient (Wildman–Crippen LogP) is 4.19. The van der Waals surface area contributed by atoms with E-state index in [1.807, 2.05) is 18.2 Å². The Labute approximate surface area is 165 Å². The molecule has 1 heterocycles. The number of halogens is 2. The minimum absolute atomic E-state index is 0.186. The molecular formula is C22H18F2N2O3. The Bertz CT molecular complexity index is 1130. The molecule has 7 heteroatoms. The number of aromatic nitrogens is 1. The Hall–Kier alpha value is -3.35.